The Morgan fingerprint density at radius 2 is 2.27 bits per heavy atom. The number of nitrogens with zero attached hydrogens (tertiary/aromatic N) is 4. The van der Waals surface area contributed by atoms with Crippen LogP contribution in [0.15, 0.2) is 4.52 Å². The van der Waals surface area contributed by atoms with E-state index in [0.717, 1.165) is 32.6 Å². The molecule has 22 heavy (non-hydrogen) atoms. The van der Waals surface area contributed by atoms with Crippen molar-refractivity contribution in [1.29, 1.82) is 0 Å². The highest BCUT2D eigenvalue weighted by atomic mass is 16.5. The van der Waals surface area contributed by atoms with Gasteiger partial charge in [0, 0.05) is 45.8 Å². The summed E-state index contributed by atoms with van der Waals surface area (Å²) in [5, 5.41) is 13.6. The first-order chi connectivity index (χ1) is 10.6. The van der Waals surface area contributed by atoms with E-state index in [0.29, 0.717) is 37.3 Å². The van der Waals surface area contributed by atoms with Crippen LogP contribution >= 0.6 is 0 Å². The van der Waals surface area contributed by atoms with Gasteiger partial charge in [0.05, 0.1) is 19.3 Å². The summed E-state index contributed by atoms with van der Waals surface area (Å²) >= 11 is 0. The van der Waals surface area contributed by atoms with Gasteiger partial charge in [-0.2, -0.15) is 4.98 Å². The van der Waals surface area contributed by atoms with Gasteiger partial charge in [-0.25, -0.2) is 0 Å². The predicted octanol–water partition coefficient (Wildman–Crippen LogP) is 0.536. The molecule has 0 spiro atoms. The minimum atomic E-state index is -0.278. The lowest BCUT2D eigenvalue weighted by molar-refractivity contribution is 0.0302. The summed E-state index contributed by atoms with van der Waals surface area (Å²) in [4.78, 5) is 9.13. The molecule has 0 unspecified atom stereocenters. The van der Waals surface area contributed by atoms with E-state index in [4.69, 9.17) is 9.26 Å². The Morgan fingerprint density at radius 1 is 1.45 bits per heavy atom. The summed E-state index contributed by atoms with van der Waals surface area (Å²) in [6, 6.07) is 0.472. The Hall–Kier alpha value is -1.02. The lowest BCUT2D eigenvalue weighted by Crippen LogP contribution is -2.54. The molecule has 1 aliphatic rings. The molecule has 0 radical (unpaired) electrons. The van der Waals surface area contributed by atoms with Gasteiger partial charge in [0.25, 0.3) is 0 Å². The van der Waals surface area contributed by atoms with Gasteiger partial charge in [-0.1, -0.05) is 12.1 Å². The Morgan fingerprint density at radius 3 is 2.95 bits per heavy atom. The summed E-state index contributed by atoms with van der Waals surface area (Å²) in [5.74, 6) is 1.38. The fourth-order valence-electron chi connectivity index (χ4n) is 2.91. The van der Waals surface area contributed by atoms with Crippen molar-refractivity contribution in [2.45, 2.75) is 45.4 Å². The number of aromatic nitrogens is 2. The number of rotatable bonds is 8. The van der Waals surface area contributed by atoms with Gasteiger partial charge in [-0.15, -0.1) is 0 Å². The topological polar surface area (TPSA) is 74.9 Å². The number of methoxy groups -OCH3 is 1. The van der Waals surface area contributed by atoms with E-state index in [1.54, 1.807) is 7.11 Å². The van der Waals surface area contributed by atoms with Crippen molar-refractivity contribution < 1.29 is 14.4 Å². The van der Waals surface area contributed by atoms with Gasteiger partial charge in [-0.3, -0.25) is 9.80 Å². The van der Waals surface area contributed by atoms with E-state index in [1.807, 2.05) is 6.92 Å². The predicted molar refractivity (Wildman–Crippen MR) is 82.5 cm³/mol. The lowest BCUT2D eigenvalue weighted by Gasteiger charge is -2.41. The van der Waals surface area contributed by atoms with Crippen molar-refractivity contribution in [3.8, 4) is 0 Å². The molecule has 2 atom stereocenters. The molecule has 0 aliphatic carbocycles. The average molecular weight is 312 g/mol. The smallest absolute Gasteiger partial charge is 0.240 e. The maximum atomic E-state index is 9.59. The first-order valence-electron chi connectivity index (χ1n) is 8.07. The van der Waals surface area contributed by atoms with E-state index in [-0.39, 0.29) is 6.10 Å². The number of hydrogen-bond donors (Lipinski definition) is 1. The van der Waals surface area contributed by atoms with Crippen molar-refractivity contribution in [3.63, 3.8) is 0 Å². The van der Waals surface area contributed by atoms with Crippen LogP contribution in [0.5, 0.6) is 0 Å². The zero-order chi connectivity index (χ0) is 15.9. The van der Waals surface area contributed by atoms with E-state index >= 15 is 0 Å². The largest absolute Gasteiger partial charge is 0.392 e. The maximum absolute atomic E-state index is 9.59. The fourth-order valence-corrected chi connectivity index (χ4v) is 2.91. The SMILES string of the molecule is CC[C@H]1CN(Cc2nc(CCOC)no2)CCN1C[C@H](C)O. The van der Waals surface area contributed by atoms with Crippen molar-refractivity contribution in [1.82, 2.24) is 19.9 Å². The summed E-state index contributed by atoms with van der Waals surface area (Å²) in [5.41, 5.74) is 0. The summed E-state index contributed by atoms with van der Waals surface area (Å²) < 4.78 is 10.3. The van der Waals surface area contributed by atoms with Crippen LogP contribution < -0.4 is 0 Å². The fraction of sp³-hybridized carbons (Fsp3) is 0.867. The molecule has 1 saturated heterocycles. The Kier molecular flexibility index (Phi) is 6.75. The van der Waals surface area contributed by atoms with Gasteiger partial charge in [0.15, 0.2) is 5.82 Å². The second-order valence-electron chi connectivity index (χ2n) is 5.99. The average Bonchev–Trinajstić information content (AvgIpc) is 2.93. The minimum absolute atomic E-state index is 0.278. The molecule has 0 amide bonds. The molecule has 1 aromatic heterocycles. The van der Waals surface area contributed by atoms with Gasteiger partial charge in [0.2, 0.25) is 5.89 Å². The van der Waals surface area contributed by atoms with Crippen LogP contribution in [0.4, 0.5) is 0 Å². The molecule has 1 fully saturated rings. The first-order valence-corrected chi connectivity index (χ1v) is 8.07. The van der Waals surface area contributed by atoms with Crippen LogP contribution in [0, 0.1) is 0 Å². The molecule has 1 N–H and O–H groups in total. The van der Waals surface area contributed by atoms with Crippen LogP contribution in [0.3, 0.4) is 0 Å². The van der Waals surface area contributed by atoms with Crippen LogP contribution in [0.25, 0.3) is 0 Å². The maximum Gasteiger partial charge on any atom is 0.240 e. The van der Waals surface area contributed by atoms with Crippen molar-refractivity contribution in [3.05, 3.63) is 11.7 Å². The molecule has 7 heteroatoms. The lowest BCUT2D eigenvalue weighted by atomic mass is 10.1. The first kappa shape index (κ1) is 17.3. The number of β-amino-alcohol motifs (C(OH)–C–C–N with tert-alkyl or cyclic N) is 1. The third kappa shape index (κ3) is 5.01. The molecular formula is C15H28N4O3. The summed E-state index contributed by atoms with van der Waals surface area (Å²) in [6.45, 7) is 8.98. The highest BCUT2D eigenvalue weighted by Gasteiger charge is 2.27. The number of aliphatic hydroxyl groups is 1. The van der Waals surface area contributed by atoms with E-state index in [9.17, 15) is 5.11 Å². The Balaban J connectivity index is 1.85. The third-order valence-corrected chi connectivity index (χ3v) is 4.06. The number of hydrogen-bond acceptors (Lipinski definition) is 7. The third-order valence-electron chi connectivity index (χ3n) is 4.06. The van der Waals surface area contributed by atoms with Crippen LogP contribution in [0.1, 0.15) is 32.0 Å². The van der Waals surface area contributed by atoms with Gasteiger partial charge < -0.3 is 14.4 Å². The van der Waals surface area contributed by atoms with E-state index < -0.39 is 0 Å². The second kappa shape index (κ2) is 8.57. The van der Waals surface area contributed by atoms with Gasteiger partial charge >= 0.3 is 0 Å². The summed E-state index contributed by atoms with van der Waals surface area (Å²) in [6.07, 6.45) is 1.48. The normalized spacial score (nSPS) is 22.1. The minimum Gasteiger partial charge on any atom is -0.392 e. The Bertz CT molecular complexity index is 438. The highest BCUT2D eigenvalue weighted by Crippen LogP contribution is 2.15. The zero-order valence-corrected chi connectivity index (χ0v) is 13.9. The van der Waals surface area contributed by atoms with Gasteiger partial charge in [-0.05, 0) is 13.3 Å². The molecular weight excluding hydrogens is 284 g/mol. The van der Waals surface area contributed by atoms with Crippen LogP contribution in [-0.2, 0) is 17.7 Å². The van der Waals surface area contributed by atoms with Crippen molar-refractivity contribution in [2.24, 2.45) is 0 Å². The molecule has 7 nitrogen and oxygen atoms in total. The molecule has 0 saturated carbocycles. The van der Waals surface area contributed by atoms with Crippen LogP contribution in [-0.4, -0.2) is 77.1 Å². The molecule has 126 valence electrons. The second-order valence-corrected chi connectivity index (χ2v) is 5.99. The zero-order valence-electron chi connectivity index (χ0n) is 13.9. The number of aliphatic hydroxyl groups excluding tert-OH is 1. The number of piperazine rings is 1. The number of ether oxygens (including phenoxy) is 1. The standard InChI is InChI=1S/C15H28N4O3/c1-4-13-10-18(6-7-19(13)9-12(2)20)11-15-16-14(17-22-15)5-8-21-3/h12-13,20H,4-11H2,1-3H3/t12-,13-/m0/s1. The van der Waals surface area contributed by atoms with Crippen LogP contribution in [0.2, 0.25) is 0 Å². The quantitative estimate of drug-likeness (QED) is 0.750. The van der Waals surface area contributed by atoms with E-state index in [1.165, 1.54) is 0 Å². The van der Waals surface area contributed by atoms with Crippen molar-refractivity contribution in [2.75, 3.05) is 39.9 Å². The molecule has 2 heterocycles. The highest BCUT2D eigenvalue weighted by molar-refractivity contribution is 4.89. The van der Waals surface area contributed by atoms with Gasteiger partial charge in [0.1, 0.15) is 0 Å². The molecule has 1 aliphatic heterocycles. The molecule has 1 aromatic rings. The van der Waals surface area contributed by atoms with Crippen molar-refractivity contribution >= 4 is 0 Å². The van der Waals surface area contributed by atoms with E-state index in [2.05, 4.69) is 26.9 Å². The molecule has 0 aromatic carbocycles. The monoisotopic (exact) mass is 312 g/mol. The molecule has 2 rings (SSSR count). The molecule has 0 bridgehead atoms. The Labute approximate surface area is 132 Å². The summed E-state index contributed by atoms with van der Waals surface area (Å²) in [7, 11) is 1.67.